The van der Waals surface area contributed by atoms with Crippen molar-refractivity contribution < 1.29 is 13.2 Å². The summed E-state index contributed by atoms with van der Waals surface area (Å²) < 4.78 is 35.8. The fraction of sp³-hybridized carbons (Fsp3) is 1.00. The van der Waals surface area contributed by atoms with Gasteiger partial charge in [-0.2, -0.15) is 13.2 Å². The Labute approximate surface area is 95.8 Å². The molecule has 1 unspecified atom stereocenters. The lowest BCUT2D eigenvalue weighted by Gasteiger charge is -2.39. The number of nitrogens with one attached hydrogen (secondary N) is 1. The molecule has 0 bridgehead atoms. The van der Waals surface area contributed by atoms with Crippen molar-refractivity contribution in [3.8, 4) is 0 Å². The molecule has 0 aromatic heterocycles. The van der Waals surface area contributed by atoms with Crippen LogP contribution in [0.1, 0.15) is 52.4 Å². The van der Waals surface area contributed by atoms with Gasteiger partial charge in [0.2, 0.25) is 0 Å². The molecule has 0 aromatic carbocycles. The minimum atomic E-state index is -4.00. The smallest absolute Gasteiger partial charge is 0.314 e. The lowest BCUT2D eigenvalue weighted by molar-refractivity contribution is -0.135. The molecule has 1 N–H and O–H groups in total. The highest BCUT2D eigenvalue weighted by atomic mass is 19.4. The molecule has 1 aliphatic carbocycles. The summed E-state index contributed by atoms with van der Waals surface area (Å²) in [5.74, 6) is 0. The number of halogens is 3. The van der Waals surface area contributed by atoms with Gasteiger partial charge in [0.05, 0.1) is 0 Å². The molecule has 1 aliphatic rings. The maximum atomic E-state index is 11.9. The van der Waals surface area contributed by atoms with Crippen LogP contribution in [0.25, 0.3) is 0 Å². The molecule has 1 rings (SSSR count). The van der Waals surface area contributed by atoms with Crippen LogP contribution in [0.15, 0.2) is 0 Å². The van der Waals surface area contributed by atoms with Crippen LogP contribution in [0.5, 0.6) is 0 Å². The van der Waals surface area contributed by atoms with Crippen molar-refractivity contribution in [3.63, 3.8) is 0 Å². The number of hydrogen-bond acceptors (Lipinski definition) is 1. The van der Waals surface area contributed by atoms with Crippen molar-refractivity contribution in [2.45, 2.75) is 64.6 Å². The second-order valence-corrected chi connectivity index (χ2v) is 5.45. The summed E-state index contributed by atoms with van der Waals surface area (Å²) in [5.41, 5.74) is 0.401. The molecular formula is C12H22F3N. The first-order valence-corrected chi connectivity index (χ1v) is 6.11. The molecule has 0 saturated heterocycles. The summed E-state index contributed by atoms with van der Waals surface area (Å²) in [6.07, 6.45) is -0.0366. The highest BCUT2D eigenvalue weighted by Gasteiger charge is 2.31. The Morgan fingerprint density at radius 3 is 2.38 bits per heavy atom. The predicted molar refractivity (Wildman–Crippen MR) is 59.3 cm³/mol. The molecule has 4 heteroatoms. The third-order valence-corrected chi connectivity index (χ3v) is 3.54. The van der Waals surface area contributed by atoms with Gasteiger partial charge in [-0.3, -0.25) is 0 Å². The van der Waals surface area contributed by atoms with Crippen LogP contribution in [-0.2, 0) is 0 Å². The van der Waals surface area contributed by atoms with Crippen molar-refractivity contribution >= 4 is 0 Å². The van der Waals surface area contributed by atoms with Crippen molar-refractivity contribution in [3.05, 3.63) is 0 Å². The largest absolute Gasteiger partial charge is 0.389 e. The highest BCUT2D eigenvalue weighted by Crippen LogP contribution is 2.39. The maximum absolute atomic E-state index is 11.9. The third kappa shape index (κ3) is 5.19. The minimum Gasteiger partial charge on any atom is -0.314 e. The Morgan fingerprint density at radius 1 is 1.31 bits per heavy atom. The first kappa shape index (κ1) is 13.8. The highest BCUT2D eigenvalue weighted by molar-refractivity contribution is 4.85. The average Bonchev–Trinajstić information content (AvgIpc) is 2.09. The molecule has 1 atom stereocenters. The SMILES string of the molecule is CC(CCCC(F)(F)F)NCC1(C)CCC1. The fourth-order valence-electron chi connectivity index (χ4n) is 2.09. The van der Waals surface area contributed by atoms with Crippen molar-refractivity contribution in [1.82, 2.24) is 5.32 Å². The van der Waals surface area contributed by atoms with Gasteiger partial charge in [-0.25, -0.2) is 0 Å². The van der Waals surface area contributed by atoms with E-state index in [1.54, 1.807) is 0 Å². The molecule has 1 saturated carbocycles. The first-order valence-electron chi connectivity index (χ1n) is 6.11. The zero-order valence-corrected chi connectivity index (χ0v) is 10.2. The van der Waals surface area contributed by atoms with Gasteiger partial charge in [0.25, 0.3) is 0 Å². The Morgan fingerprint density at radius 2 is 1.94 bits per heavy atom. The van der Waals surface area contributed by atoms with Gasteiger partial charge in [-0.05, 0) is 38.0 Å². The van der Waals surface area contributed by atoms with E-state index in [-0.39, 0.29) is 12.5 Å². The lowest BCUT2D eigenvalue weighted by atomic mass is 9.70. The topological polar surface area (TPSA) is 12.0 Å². The number of hydrogen-bond donors (Lipinski definition) is 1. The van der Waals surface area contributed by atoms with E-state index in [4.69, 9.17) is 0 Å². The van der Waals surface area contributed by atoms with Gasteiger partial charge in [0, 0.05) is 19.0 Å². The van der Waals surface area contributed by atoms with Crippen LogP contribution in [0, 0.1) is 5.41 Å². The van der Waals surface area contributed by atoms with Crippen LogP contribution in [0.2, 0.25) is 0 Å². The van der Waals surface area contributed by atoms with Gasteiger partial charge in [0.15, 0.2) is 0 Å². The van der Waals surface area contributed by atoms with Crippen molar-refractivity contribution in [2.75, 3.05) is 6.54 Å². The maximum Gasteiger partial charge on any atom is 0.389 e. The Balaban J connectivity index is 2.04. The lowest BCUT2D eigenvalue weighted by Crippen LogP contribution is -2.40. The summed E-state index contributed by atoms with van der Waals surface area (Å²) in [6.45, 7) is 5.16. The Hall–Kier alpha value is -0.250. The molecule has 0 amide bonds. The molecule has 0 spiro atoms. The van der Waals surface area contributed by atoms with Crippen LogP contribution in [0.4, 0.5) is 13.2 Å². The summed E-state index contributed by atoms with van der Waals surface area (Å²) in [7, 11) is 0. The van der Waals surface area contributed by atoms with E-state index in [1.807, 2.05) is 6.92 Å². The molecule has 0 heterocycles. The molecule has 1 fully saturated rings. The van der Waals surface area contributed by atoms with Crippen LogP contribution >= 0.6 is 0 Å². The molecule has 0 aliphatic heterocycles. The van der Waals surface area contributed by atoms with Crippen LogP contribution < -0.4 is 5.32 Å². The van der Waals surface area contributed by atoms with Crippen molar-refractivity contribution in [2.24, 2.45) is 5.41 Å². The van der Waals surface area contributed by atoms with Gasteiger partial charge in [0.1, 0.15) is 0 Å². The molecular weight excluding hydrogens is 215 g/mol. The second-order valence-electron chi connectivity index (χ2n) is 5.45. The summed E-state index contributed by atoms with van der Waals surface area (Å²) in [5, 5.41) is 3.34. The third-order valence-electron chi connectivity index (χ3n) is 3.54. The summed E-state index contributed by atoms with van der Waals surface area (Å²) in [6, 6.07) is 0.194. The van der Waals surface area contributed by atoms with Crippen LogP contribution in [0.3, 0.4) is 0 Å². The quantitative estimate of drug-likeness (QED) is 0.739. The van der Waals surface area contributed by atoms with E-state index in [0.29, 0.717) is 11.8 Å². The predicted octanol–water partition coefficient (Wildman–Crippen LogP) is 3.89. The van der Waals surface area contributed by atoms with E-state index in [1.165, 1.54) is 19.3 Å². The monoisotopic (exact) mass is 237 g/mol. The Bertz CT molecular complexity index is 209. The van der Waals surface area contributed by atoms with E-state index >= 15 is 0 Å². The average molecular weight is 237 g/mol. The molecule has 96 valence electrons. The molecule has 0 aromatic rings. The Kier molecular flexibility index (Phi) is 4.65. The molecule has 0 radical (unpaired) electrons. The number of rotatable bonds is 6. The van der Waals surface area contributed by atoms with Gasteiger partial charge >= 0.3 is 6.18 Å². The van der Waals surface area contributed by atoms with Gasteiger partial charge < -0.3 is 5.32 Å². The van der Waals surface area contributed by atoms with Gasteiger partial charge in [-0.1, -0.05) is 13.3 Å². The van der Waals surface area contributed by atoms with E-state index in [0.717, 1.165) is 6.54 Å². The zero-order chi connectivity index (χ0) is 12.2. The van der Waals surface area contributed by atoms with Crippen molar-refractivity contribution in [1.29, 1.82) is 0 Å². The molecule has 16 heavy (non-hydrogen) atoms. The minimum absolute atomic E-state index is 0.194. The number of alkyl halides is 3. The normalized spacial score (nSPS) is 21.6. The van der Waals surface area contributed by atoms with E-state index in [9.17, 15) is 13.2 Å². The molecule has 1 nitrogen and oxygen atoms in total. The standard InChI is InChI=1S/C12H22F3N/c1-10(5-3-8-12(13,14)15)16-9-11(2)6-4-7-11/h10,16H,3-9H2,1-2H3. The zero-order valence-electron chi connectivity index (χ0n) is 10.2. The first-order chi connectivity index (χ1) is 7.31. The van der Waals surface area contributed by atoms with E-state index in [2.05, 4.69) is 12.2 Å². The van der Waals surface area contributed by atoms with Crippen LogP contribution in [-0.4, -0.2) is 18.8 Å². The summed E-state index contributed by atoms with van der Waals surface area (Å²) in [4.78, 5) is 0. The van der Waals surface area contributed by atoms with E-state index < -0.39 is 12.6 Å². The second kappa shape index (κ2) is 5.39. The fourth-order valence-corrected chi connectivity index (χ4v) is 2.09. The summed E-state index contributed by atoms with van der Waals surface area (Å²) >= 11 is 0. The van der Waals surface area contributed by atoms with Gasteiger partial charge in [-0.15, -0.1) is 0 Å².